The molecule has 0 radical (unpaired) electrons. The second-order valence-electron chi connectivity index (χ2n) is 7.97. The quantitative estimate of drug-likeness (QED) is 0.675. The number of aromatic nitrogens is 1. The lowest BCUT2D eigenvalue weighted by atomic mass is 10.1. The lowest BCUT2D eigenvalue weighted by molar-refractivity contribution is -0.117. The van der Waals surface area contributed by atoms with Gasteiger partial charge in [-0.15, -0.1) is 0 Å². The highest BCUT2D eigenvalue weighted by Gasteiger charge is 2.23. The molecule has 0 bridgehead atoms. The molecule has 1 aliphatic rings. The molecule has 0 unspecified atom stereocenters. The summed E-state index contributed by atoms with van der Waals surface area (Å²) in [6.07, 6.45) is 1.04. The number of carbonyl (C=O) groups excluding carboxylic acids is 2. The van der Waals surface area contributed by atoms with Crippen LogP contribution >= 0.6 is 0 Å². The molecule has 3 rings (SSSR count). The van der Waals surface area contributed by atoms with Gasteiger partial charge in [-0.1, -0.05) is 6.92 Å². The molecule has 7 heteroatoms. The molecule has 1 N–H and O–H groups in total. The summed E-state index contributed by atoms with van der Waals surface area (Å²) in [5.74, 6) is -0.284. The number of hydrogen-bond donors (Lipinski definition) is 1. The smallest absolute Gasteiger partial charge is 0.238 e. The molecule has 0 aliphatic carbocycles. The molecular formula is C23H31FN4O2. The molecule has 1 saturated heterocycles. The van der Waals surface area contributed by atoms with Gasteiger partial charge in [-0.3, -0.25) is 19.4 Å². The van der Waals surface area contributed by atoms with Crippen LogP contribution in [0.15, 0.2) is 30.3 Å². The Kier molecular flexibility index (Phi) is 7.39. The monoisotopic (exact) mass is 414 g/mol. The third kappa shape index (κ3) is 5.55. The normalized spacial score (nSPS) is 15.3. The van der Waals surface area contributed by atoms with Crippen molar-refractivity contribution in [2.45, 2.75) is 33.7 Å². The predicted octanol–water partition coefficient (Wildman–Crippen LogP) is 3.09. The average Bonchev–Trinajstić information content (AvgIpc) is 3.00. The van der Waals surface area contributed by atoms with Crippen molar-refractivity contribution in [2.75, 3.05) is 44.6 Å². The minimum Gasteiger partial charge on any atom is -0.348 e. The van der Waals surface area contributed by atoms with Gasteiger partial charge in [-0.2, -0.15) is 0 Å². The van der Waals surface area contributed by atoms with E-state index in [1.165, 1.54) is 12.1 Å². The Morgan fingerprint density at radius 1 is 1.00 bits per heavy atom. The number of Topliss-reactive ketones (excluding diaryl/α,β-unsaturated/α-hetero) is 1. The second kappa shape index (κ2) is 10.00. The Balaban J connectivity index is 1.46. The fraction of sp³-hybridized carbons (Fsp3) is 0.478. The number of halogens is 1. The Hall–Kier alpha value is -2.51. The zero-order valence-corrected chi connectivity index (χ0v) is 18.1. The van der Waals surface area contributed by atoms with E-state index in [-0.39, 0.29) is 24.1 Å². The van der Waals surface area contributed by atoms with Gasteiger partial charge < -0.3 is 9.88 Å². The van der Waals surface area contributed by atoms with Crippen LogP contribution in [0.4, 0.5) is 10.1 Å². The van der Waals surface area contributed by atoms with E-state index < -0.39 is 0 Å². The second-order valence-corrected chi connectivity index (χ2v) is 7.97. The number of hydrogen-bond acceptors (Lipinski definition) is 4. The van der Waals surface area contributed by atoms with Gasteiger partial charge in [-0.05, 0) is 50.6 Å². The van der Waals surface area contributed by atoms with Gasteiger partial charge in [0.05, 0.1) is 13.1 Å². The number of carbonyl (C=O) groups is 2. The fourth-order valence-corrected chi connectivity index (χ4v) is 3.98. The first kappa shape index (κ1) is 22.2. The van der Waals surface area contributed by atoms with Crippen LogP contribution in [0.2, 0.25) is 0 Å². The summed E-state index contributed by atoms with van der Waals surface area (Å²) in [5, 5.41) is 2.79. The lowest BCUT2D eigenvalue weighted by Gasteiger charge is -2.33. The van der Waals surface area contributed by atoms with E-state index in [4.69, 9.17) is 0 Å². The third-order valence-corrected chi connectivity index (χ3v) is 5.65. The summed E-state index contributed by atoms with van der Waals surface area (Å²) in [7, 11) is 0. The number of nitrogens with zero attached hydrogens (tertiary/aromatic N) is 3. The number of ketones is 1. The van der Waals surface area contributed by atoms with Gasteiger partial charge in [0.25, 0.3) is 0 Å². The lowest BCUT2D eigenvalue weighted by Crippen LogP contribution is -2.49. The highest BCUT2D eigenvalue weighted by Crippen LogP contribution is 2.17. The first-order valence-electron chi connectivity index (χ1n) is 10.6. The molecule has 30 heavy (non-hydrogen) atoms. The Bertz CT molecular complexity index is 883. The molecule has 0 spiro atoms. The highest BCUT2D eigenvalue weighted by atomic mass is 19.1. The molecule has 162 valence electrons. The minimum absolute atomic E-state index is 0.116. The van der Waals surface area contributed by atoms with E-state index in [1.807, 2.05) is 13.0 Å². The van der Waals surface area contributed by atoms with Gasteiger partial charge in [0.1, 0.15) is 5.82 Å². The standard InChI is InChI=1S/C23H31FN4O2/c1-4-9-28-17(2)14-21(18(28)3)22(29)15-26-10-12-27(13-11-26)16-23(30)25-20-7-5-19(24)6-8-20/h5-8,14H,4,9-13,15-16H2,1-3H3,(H,25,30). The number of rotatable bonds is 8. The van der Waals surface area contributed by atoms with Crippen molar-refractivity contribution in [1.29, 1.82) is 0 Å². The maximum Gasteiger partial charge on any atom is 0.238 e. The first-order valence-corrected chi connectivity index (χ1v) is 10.6. The molecule has 0 saturated carbocycles. The molecule has 6 nitrogen and oxygen atoms in total. The number of amides is 1. The van der Waals surface area contributed by atoms with Crippen LogP contribution in [0.3, 0.4) is 0 Å². The van der Waals surface area contributed by atoms with Crippen molar-refractivity contribution in [3.05, 3.63) is 53.1 Å². The van der Waals surface area contributed by atoms with Crippen molar-refractivity contribution < 1.29 is 14.0 Å². The Morgan fingerprint density at radius 3 is 2.20 bits per heavy atom. The predicted molar refractivity (Wildman–Crippen MR) is 116 cm³/mol. The maximum atomic E-state index is 13.0. The van der Waals surface area contributed by atoms with Crippen LogP contribution < -0.4 is 5.32 Å². The van der Waals surface area contributed by atoms with Crippen molar-refractivity contribution in [3.63, 3.8) is 0 Å². The average molecular weight is 415 g/mol. The fourth-order valence-electron chi connectivity index (χ4n) is 3.98. The molecule has 2 aromatic rings. The van der Waals surface area contributed by atoms with Crippen molar-refractivity contribution in [1.82, 2.24) is 14.4 Å². The number of benzene rings is 1. The van der Waals surface area contributed by atoms with Crippen LogP contribution in [0.5, 0.6) is 0 Å². The number of nitrogens with one attached hydrogen (secondary N) is 1. The largest absolute Gasteiger partial charge is 0.348 e. The summed E-state index contributed by atoms with van der Waals surface area (Å²) in [6, 6.07) is 7.75. The van der Waals surface area contributed by atoms with E-state index in [0.717, 1.165) is 56.1 Å². The van der Waals surface area contributed by atoms with Crippen molar-refractivity contribution in [3.8, 4) is 0 Å². The first-order chi connectivity index (χ1) is 14.4. The highest BCUT2D eigenvalue weighted by molar-refractivity contribution is 5.99. The molecule has 1 aromatic heterocycles. The van der Waals surface area contributed by atoms with Crippen LogP contribution in [0.25, 0.3) is 0 Å². The van der Waals surface area contributed by atoms with Gasteiger partial charge in [0, 0.05) is 55.4 Å². The van der Waals surface area contributed by atoms with Crippen LogP contribution in [0, 0.1) is 19.7 Å². The Morgan fingerprint density at radius 2 is 1.60 bits per heavy atom. The van der Waals surface area contributed by atoms with E-state index >= 15 is 0 Å². The van der Waals surface area contributed by atoms with E-state index in [1.54, 1.807) is 12.1 Å². The van der Waals surface area contributed by atoms with E-state index in [2.05, 4.69) is 33.5 Å². The van der Waals surface area contributed by atoms with Crippen LogP contribution in [-0.2, 0) is 11.3 Å². The SMILES string of the molecule is CCCn1c(C)cc(C(=O)CN2CCN(CC(=O)Nc3ccc(F)cc3)CC2)c1C. The number of piperazine rings is 1. The molecule has 1 aromatic carbocycles. The molecule has 0 atom stereocenters. The molecule has 1 aliphatic heterocycles. The maximum absolute atomic E-state index is 13.0. The summed E-state index contributed by atoms with van der Waals surface area (Å²) >= 11 is 0. The Labute approximate surface area is 177 Å². The zero-order chi connectivity index (χ0) is 21.7. The summed E-state index contributed by atoms with van der Waals surface area (Å²) in [4.78, 5) is 29.3. The summed E-state index contributed by atoms with van der Waals surface area (Å²) in [6.45, 7) is 10.8. The summed E-state index contributed by atoms with van der Waals surface area (Å²) < 4.78 is 15.2. The molecule has 1 amide bonds. The number of anilines is 1. The van der Waals surface area contributed by atoms with Gasteiger partial charge in [0.2, 0.25) is 5.91 Å². The summed E-state index contributed by atoms with van der Waals surface area (Å²) in [5.41, 5.74) is 3.60. The molecule has 1 fully saturated rings. The van der Waals surface area contributed by atoms with E-state index in [9.17, 15) is 14.0 Å². The van der Waals surface area contributed by atoms with Crippen LogP contribution in [0.1, 0.15) is 35.1 Å². The van der Waals surface area contributed by atoms with Gasteiger partial charge in [-0.25, -0.2) is 4.39 Å². The topological polar surface area (TPSA) is 57.6 Å². The van der Waals surface area contributed by atoms with Crippen molar-refractivity contribution in [2.24, 2.45) is 0 Å². The minimum atomic E-state index is -0.328. The van der Waals surface area contributed by atoms with E-state index in [0.29, 0.717) is 12.2 Å². The molecule has 2 heterocycles. The molecular weight excluding hydrogens is 383 g/mol. The third-order valence-electron chi connectivity index (χ3n) is 5.65. The number of aryl methyl sites for hydroxylation is 1. The van der Waals surface area contributed by atoms with Gasteiger partial charge >= 0.3 is 0 Å². The van der Waals surface area contributed by atoms with Crippen molar-refractivity contribution >= 4 is 17.4 Å². The van der Waals surface area contributed by atoms with Gasteiger partial charge in [0.15, 0.2) is 5.78 Å². The zero-order valence-electron chi connectivity index (χ0n) is 18.1. The van der Waals surface area contributed by atoms with Crippen LogP contribution in [-0.4, -0.2) is 65.3 Å².